The van der Waals surface area contributed by atoms with Crippen LogP contribution >= 0.6 is 0 Å². The number of hydrogen-bond acceptors (Lipinski definition) is 2. The zero-order valence-electron chi connectivity index (χ0n) is 6.51. The van der Waals surface area contributed by atoms with Crippen molar-refractivity contribution in [2.45, 2.75) is 32.4 Å². The van der Waals surface area contributed by atoms with Gasteiger partial charge in [-0.2, -0.15) is 0 Å². The molecule has 0 aliphatic carbocycles. The Bertz CT molecular complexity index is 113. The van der Waals surface area contributed by atoms with Gasteiger partial charge in [-0.3, -0.25) is 0 Å². The van der Waals surface area contributed by atoms with Gasteiger partial charge in [0.15, 0.2) is 0 Å². The minimum atomic E-state index is -0.197. The normalized spacial score (nSPS) is 13.1. The van der Waals surface area contributed by atoms with Crippen molar-refractivity contribution in [1.82, 2.24) is 0 Å². The van der Waals surface area contributed by atoms with Crippen molar-refractivity contribution < 1.29 is 0 Å². The average molecular weight is 140 g/mol. The summed E-state index contributed by atoms with van der Waals surface area (Å²) >= 11 is 0. The van der Waals surface area contributed by atoms with Crippen LogP contribution < -0.4 is 11.5 Å². The highest BCUT2D eigenvalue weighted by molar-refractivity contribution is 4.83. The Kier molecular flexibility index (Phi) is 5.00. The zero-order valence-corrected chi connectivity index (χ0v) is 6.51. The first kappa shape index (κ1) is 9.48. The maximum Gasteiger partial charge on any atom is 0.0547 e. The van der Waals surface area contributed by atoms with Gasteiger partial charge in [0.05, 0.1) is 6.17 Å². The van der Waals surface area contributed by atoms with Crippen molar-refractivity contribution in [2.75, 3.05) is 0 Å². The molecule has 0 aliphatic rings. The van der Waals surface area contributed by atoms with E-state index in [4.69, 9.17) is 17.9 Å². The van der Waals surface area contributed by atoms with E-state index in [0.29, 0.717) is 5.92 Å². The second kappa shape index (κ2) is 5.28. The largest absolute Gasteiger partial charge is 0.316 e. The minimum Gasteiger partial charge on any atom is -0.316 e. The quantitative estimate of drug-likeness (QED) is 0.342. The predicted octanol–water partition coefficient (Wildman–Crippen LogP) is 0.670. The summed E-state index contributed by atoms with van der Waals surface area (Å²) in [7, 11) is 0. The van der Waals surface area contributed by atoms with Gasteiger partial charge in [0, 0.05) is 6.42 Å². The van der Waals surface area contributed by atoms with Crippen LogP contribution in [-0.4, -0.2) is 6.17 Å². The number of terminal acetylenes is 1. The molecule has 0 rings (SSSR count). The lowest BCUT2D eigenvalue weighted by Crippen LogP contribution is -2.37. The summed E-state index contributed by atoms with van der Waals surface area (Å²) in [6, 6.07) is 0. The fraction of sp³-hybridized carbons (Fsp3) is 0.750. The highest BCUT2D eigenvalue weighted by Crippen LogP contribution is 2.07. The van der Waals surface area contributed by atoms with Crippen LogP contribution in [0.1, 0.15) is 26.2 Å². The highest BCUT2D eigenvalue weighted by Gasteiger charge is 2.05. The van der Waals surface area contributed by atoms with Gasteiger partial charge < -0.3 is 11.5 Å². The van der Waals surface area contributed by atoms with E-state index in [2.05, 4.69) is 5.92 Å². The Morgan fingerprint density at radius 1 is 1.50 bits per heavy atom. The van der Waals surface area contributed by atoms with E-state index in [9.17, 15) is 0 Å². The summed E-state index contributed by atoms with van der Waals surface area (Å²) in [5.74, 6) is 2.96. The lowest BCUT2D eigenvalue weighted by atomic mass is 10.0. The Labute approximate surface area is 63.0 Å². The number of hydrogen-bond donors (Lipinski definition) is 2. The van der Waals surface area contributed by atoms with Crippen molar-refractivity contribution in [3.8, 4) is 12.3 Å². The van der Waals surface area contributed by atoms with E-state index < -0.39 is 0 Å². The standard InChI is InChI=1S/C8H16N2/c1-3-4-5-6-7(2)8(9)10/h1,7-8H,4-6,9-10H2,2H3. The number of rotatable bonds is 4. The van der Waals surface area contributed by atoms with Crippen LogP contribution in [0.4, 0.5) is 0 Å². The molecule has 0 aliphatic heterocycles. The molecule has 2 nitrogen and oxygen atoms in total. The van der Waals surface area contributed by atoms with Crippen LogP contribution in [0.5, 0.6) is 0 Å². The summed E-state index contributed by atoms with van der Waals surface area (Å²) in [4.78, 5) is 0. The summed E-state index contributed by atoms with van der Waals surface area (Å²) in [6.45, 7) is 2.04. The second-order valence-corrected chi connectivity index (χ2v) is 2.65. The summed E-state index contributed by atoms with van der Waals surface area (Å²) in [6.07, 6.45) is 7.77. The van der Waals surface area contributed by atoms with Gasteiger partial charge in [-0.15, -0.1) is 12.3 Å². The van der Waals surface area contributed by atoms with Gasteiger partial charge in [-0.05, 0) is 18.8 Å². The van der Waals surface area contributed by atoms with Gasteiger partial charge >= 0.3 is 0 Å². The molecule has 0 spiro atoms. The average Bonchev–Trinajstić information content (AvgIpc) is 1.88. The Hall–Kier alpha value is -0.520. The molecule has 0 aromatic rings. The molecular weight excluding hydrogens is 124 g/mol. The topological polar surface area (TPSA) is 52.0 Å². The third-order valence-corrected chi connectivity index (χ3v) is 1.64. The first-order chi connectivity index (χ1) is 4.68. The fourth-order valence-corrected chi connectivity index (χ4v) is 0.719. The van der Waals surface area contributed by atoms with E-state index in [0.717, 1.165) is 19.3 Å². The molecule has 1 atom stereocenters. The van der Waals surface area contributed by atoms with Crippen LogP contribution in [0.2, 0.25) is 0 Å². The molecule has 1 unspecified atom stereocenters. The van der Waals surface area contributed by atoms with Gasteiger partial charge in [0.25, 0.3) is 0 Å². The van der Waals surface area contributed by atoms with Crippen molar-refractivity contribution in [3.63, 3.8) is 0 Å². The summed E-state index contributed by atoms with van der Waals surface area (Å²) in [5, 5.41) is 0. The molecule has 0 aromatic carbocycles. The van der Waals surface area contributed by atoms with Crippen molar-refractivity contribution >= 4 is 0 Å². The van der Waals surface area contributed by atoms with E-state index in [-0.39, 0.29) is 6.17 Å². The second-order valence-electron chi connectivity index (χ2n) is 2.65. The number of unbranched alkanes of at least 4 members (excludes halogenated alkanes) is 1. The Balaban J connectivity index is 3.23. The van der Waals surface area contributed by atoms with E-state index >= 15 is 0 Å². The Morgan fingerprint density at radius 2 is 2.10 bits per heavy atom. The number of nitrogens with two attached hydrogens (primary N) is 2. The van der Waals surface area contributed by atoms with Crippen LogP contribution in [0.3, 0.4) is 0 Å². The smallest absolute Gasteiger partial charge is 0.0547 e. The molecular formula is C8H16N2. The molecule has 0 aromatic heterocycles. The fourth-order valence-electron chi connectivity index (χ4n) is 0.719. The van der Waals surface area contributed by atoms with Gasteiger partial charge in [0.2, 0.25) is 0 Å². The minimum absolute atomic E-state index is 0.197. The first-order valence-corrected chi connectivity index (χ1v) is 3.63. The SMILES string of the molecule is C#CCCCC(C)C(N)N. The van der Waals surface area contributed by atoms with Gasteiger partial charge in [-0.1, -0.05) is 6.92 Å². The Morgan fingerprint density at radius 3 is 2.50 bits per heavy atom. The molecule has 58 valence electrons. The van der Waals surface area contributed by atoms with Crippen molar-refractivity contribution in [3.05, 3.63) is 0 Å². The van der Waals surface area contributed by atoms with Crippen molar-refractivity contribution in [1.29, 1.82) is 0 Å². The van der Waals surface area contributed by atoms with E-state index in [1.165, 1.54) is 0 Å². The third-order valence-electron chi connectivity index (χ3n) is 1.64. The summed E-state index contributed by atoms with van der Waals surface area (Å²) < 4.78 is 0. The predicted molar refractivity (Wildman–Crippen MR) is 44.0 cm³/mol. The highest BCUT2D eigenvalue weighted by atomic mass is 14.9. The van der Waals surface area contributed by atoms with Gasteiger partial charge in [-0.25, -0.2) is 0 Å². The lowest BCUT2D eigenvalue weighted by Gasteiger charge is -2.13. The third kappa shape index (κ3) is 4.37. The van der Waals surface area contributed by atoms with Gasteiger partial charge in [0.1, 0.15) is 0 Å². The molecule has 0 amide bonds. The molecule has 0 saturated heterocycles. The molecule has 0 fully saturated rings. The molecule has 0 radical (unpaired) electrons. The molecule has 0 heterocycles. The van der Waals surface area contributed by atoms with Crippen LogP contribution in [0, 0.1) is 18.3 Å². The summed E-state index contributed by atoms with van der Waals surface area (Å²) in [5.41, 5.74) is 10.9. The van der Waals surface area contributed by atoms with Crippen LogP contribution in [-0.2, 0) is 0 Å². The maximum absolute atomic E-state index is 5.44. The molecule has 10 heavy (non-hydrogen) atoms. The van der Waals surface area contributed by atoms with Crippen LogP contribution in [0.25, 0.3) is 0 Å². The molecule has 4 N–H and O–H groups in total. The molecule has 2 heteroatoms. The molecule has 0 bridgehead atoms. The maximum atomic E-state index is 5.44. The van der Waals surface area contributed by atoms with E-state index in [1.807, 2.05) is 6.92 Å². The lowest BCUT2D eigenvalue weighted by molar-refractivity contribution is 0.426. The van der Waals surface area contributed by atoms with Crippen LogP contribution in [0.15, 0.2) is 0 Å². The van der Waals surface area contributed by atoms with Crippen molar-refractivity contribution in [2.24, 2.45) is 17.4 Å². The molecule has 0 saturated carbocycles. The zero-order chi connectivity index (χ0) is 7.98. The van der Waals surface area contributed by atoms with E-state index in [1.54, 1.807) is 0 Å². The monoisotopic (exact) mass is 140 g/mol. The first-order valence-electron chi connectivity index (χ1n) is 3.63.